The SMILES string of the molecule is COc1cc(C=CCS)cc(C=O)c1O. The molecule has 0 saturated carbocycles. The number of hydrogen-bond donors (Lipinski definition) is 2. The number of methoxy groups -OCH3 is 1. The fourth-order valence-corrected chi connectivity index (χ4v) is 1.29. The zero-order valence-electron chi connectivity index (χ0n) is 8.30. The molecule has 0 atom stereocenters. The van der Waals surface area contributed by atoms with Crippen molar-refractivity contribution in [2.45, 2.75) is 0 Å². The molecule has 0 spiro atoms. The van der Waals surface area contributed by atoms with Gasteiger partial charge in [0.1, 0.15) is 0 Å². The summed E-state index contributed by atoms with van der Waals surface area (Å²) in [6.07, 6.45) is 4.24. The Morgan fingerprint density at radius 1 is 1.53 bits per heavy atom. The van der Waals surface area contributed by atoms with Crippen LogP contribution in [-0.2, 0) is 0 Å². The van der Waals surface area contributed by atoms with Gasteiger partial charge in [-0.1, -0.05) is 12.2 Å². The molecule has 0 aliphatic heterocycles. The normalized spacial score (nSPS) is 10.5. The highest BCUT2D eigenvalue weighted by Gasteiger charge is 2.08. The molecule has 4 heteroatoms. The van der Waals surface area contributed by atoms with E-state index in [1.54, 1.807) is 12.1 Å². The van der Waals surface area contributed by atoms with Gasteiger partial charge in [0.05, 0.1) is 12.7 Å². The van der Waals surface area contributed by atoms with Crippen LogP contribution < -0.4 is 4.74 Å². The lowest BCUT2D eigenvalue weighted by Gasteiger charge is -2.06. The monoisotopic (exact) mass is 224 g/mol. The van der Waals surface area contributed by atoms with Gasteiger partial charge in [-0.2, -0.15) is 12.6 Å². The molecule has 80 valence electrons. The third kappa shape index (κ3) is 2.76. The Morgan fingerprint density at radius 3 is 2.80 bits per heavy atom. The summed E-state index contributed by atoms with van der Waals surface area (Å²) in [5, 5.41) is 9.54. The summed E-state index contributed by atoms with van der Waals surface area (Å²) in [7, 11) is 1.44. The second-order valence-electron chi connectivity index (χ2n) is 2.86. The van der Waals surface area contributed by atoms with Gasteiger partial charge in [0.2, 0.25) is 0 Å². The van der Waals surface area contributed by atoms with E-state index in [2.05, 4.69) is 12.6 Å². The smallest absolute Gasteiger partial charge is 0.168 e. The first-order valence-corrected chi connectivity index (χ1v) is 4.99. The number of ether oxygens (including phenoxy) is 1. The number of thiol groups is 1. The van der Waals surface area contributed by atoms with Crippen LogP contribution in [0.4, 0.5) is 0 Å². The molecule has 0 radical (unpaired) electrons. The standard InChI is InChI=1S/C11H12O3S/c1-14-10-6-8(3-2-4-15)5-9(7-12)11(10)13/h2-3,5-7,13,15H,4H2,1H3. The van der Waals surface area contributed by atoms with Crippen LogP contribution in [0.15, 0.2) is 18.2 Å². The van der Waals surface area contributed by atoms with E-state index < -0.39 is 0 Å². The van der Waals surface area contributed by atoms with Crippen molar-refractivity contribution in [1.82, 2.24) is 0 Å². The van der Waals surface area contributed by atoms with Gasteiger partial charge in [0.25, 0.3) is 0 Å². The molecule has 1 aromatic rings. The lowest BCUT2D eigenvalue weighted by atomic mass is 10.1. The van der Waals surface area contributed by atoms with Crippen molar-refractivity contribution in [2.75, 3.05) is 12.9 Å². The van der Waals surface area contributed by atoms with Crippen molar-refractivity contribution in [3.63, 3.8) is 0 Å². The van der Waals surface area contributed by atoms with E-state index in [4.69, 9.17) is 4.74 Å². The van der Waals surface area contributed by atoms with Crippen LogP contribution >= 0.6 is 12.6 Å². The summed E-state index contributed by atoms with van der Waals surface area (Å²) in [5.41, 5.74) is 1.01. The molecule has 1 rings (SSSR count). The molecule has 0 fully saturated rings. The fourth-order valence-electron chi connectivity index (χ4n) is 1.18. The van der Waals surface area contributed by atoms with Gasteiger partial charge in [-0.25, -0.2) is 0 Å². The van der Waals surface area contributed by atoms with Gasteiger partial charge in [-0.15, -0.1) is 0 Å². The molecular weight excluding hydrogens is 212 g/mol. The first-order chi connectivity index (χ1) is 7.22. The highest BCUT2D eigenvalue weighted by Crippen LogP contribution is 2.30. The molecule has 0 aliphatic carbocycles. The van der Waals surface area contributed by atoms with Gasteiger partial charge >= 0.3 is 0 Å². The van der Waals surface area contributed by atoms with Crippen LogP contribution in [0, 0.1) is 0 Å². The zero-order valence-corrected chi connectivity index (χ0v) is 9.20. The predicted molar refractivity (Wildman–Crippen MR) is 62.9 cm³/mol. The third-order valence-corrected chi connectivity index (χ3v) is 2.10. The Hall–Kier alpha value is -1.42. The van der Waals surface area contributed by atoms with Gasteiger partial charge in [-0.05, 0) is 17.7 Å². The van der Waals surface area contributed by atoms with Gasteiger partial charge < -0.3 is 9.84 Å². The Bertz CT molecular complexity index is 386. The molecule has 0 saturated heterocycles. The van der Waals surface area contributed by atoms with E-state index >= 15 is 0 Å². The van der Waals surface area contributed by atoms with Crippen LogP contribution in [0.5, 0.6) is 11.5 Å². The summed E-state index contributed by atoms with van der Waals surface area (Å²) < 4.78 is 4.95. The number of hydrogen-bond acceptors (Lipinski definition) is 4. The summed E-state index contributed by atoms with van der Waals surface area (Å²) in [5.74, 6) is 0.772. The van der Waals surface area contributed by atoms with E-state index in [1.807, 2.05) is 12.2 Å². The lowest BCUT2D eigenvalue weighted by Crippen LogP contribution is -1.90. The first kappa shape index (κ1) is 11.7. The average Bonchev–Trinajstić information content (AvgIpc) is 2.27. The van der Waals surface area contributed by atoms with E-state index in [0.717, 1.165) is 5.56 Å². The van der Waals surface area contributed by atoms with Crippen LogP contribution in [-0.4, -0.2) is 24.3 Å². The minimum Gasteiger partial charge on any atom is -0.504 e. The molecular formula is C11H12O3S. The minimum atomic E-state index is -0.129. The second kappa shape index (κ2) is 5.46. The Balaban J connectivity index is 3.20. The number of carbonyl (C=O) groups excluding carboxylic acids is 1. The van der Waals surface area contributed by atoms with Gasteiger partial charge in [-0.3, -0.25) is 4.79 Å². The third-order valence-electron chi connectivity index (χ3n) is 1.89. The molecule has 1 N–H and O–H groups in total. The van der Waals surface area contributed by atoms with Crippen LogP contribution in [0.3, 0.4) is 0 Å². The minimum absolute atomic E-state index is 0.129. The highest BCUT2D eigenvalue weighted by atomic mass is 32.1. The second-order valence-corrected chi connectivity index (χ2v) is 3.23. The Morgan fingerprint density at radius 2 is 2.27 bits per heavy atom. The van der Waals surface area contributed by atoms with E-state index in [-0.39, 0.29) is 11.3 Å². The summed E-state index contributed by atoms with van der Waals surface area (Å²) >= 11 is 4.03. The Kier molecular flexibility index (Phi) is 4.24. The van der Waals surface area contributed by atoms with E-state index in [9.17, 15) is 9.90 Å². The highest BCUT2D eigenvalue weighted by molar-refractivity contribution is 7.80. The molecule has 1 aromatic carbocycles. The molecule has 0 unspecified atom stereocenters. The number of phenolic OH excluding ortho intramolecular Hbond substituents is 1. The molecule has 3 nitrogen and oxygen atoms in total. The number of carbonyl (C=O) groups is 1. The van der Waals surface area contributed by atoms with Crippen molar-refractivity contribution < 1.29 is 14.6 Å². The van der Waals surface area contributed by atoms with Crippen molar-refractivity contribution in [1.29, 1.82) is 0 Å². The number of rotatable bonds is 4. The molecule has 0 bridgehead atoms. The molecule has 15 heavy (non-hydrogen) atoms. The quantitative estimate of drug-likeness (QED) is 0.608. The van der Waals surface area contributed by atoms with Crippen LogP contribution in [0.25, 0.3) is 6.08 Å². The van der Waals surface area contributed by atoms with Crippen molar-refractivity contribution in [3.8, 4) is 11.5 Å². The van der Waals surface area contributed by atoms with Crippen LogP contribution in [0.1, 0.15) is 15.9 Å². The predicted octanol–water partition coefficient (Wildman–Crippen LogP) is 2.16. The average molecular weight is 224 g/mol. The van der Waals surface area contributed by atoms with Gasteiger partial charge in [0.15, 0.2) is 17.8 Å². The summed E-state index contributed by atoms with van der Waals surface area (Å²) in [4.78, 5) is 10.7. The van der Waals surface area contributed by atoms with Crippen LogP contribution in [0.2, 0.25) is 0 Å². The fraction of sp³-hybridized carbons (Fsp3) is 0.182. The number of aldehydes is 1. The number of benzene rings is 1. The maximum Gasteiger partial charge on any atom is 0.168 e. The lowest BCUT2D eigenvalue weighted by molar-refractivity contribution is 0.112. The summed E-state index contributed by atoms with van der Waals surface area (Å²) in [6, 6.07) is 3.24. The van der Waals surface area contributed by atoms with E-state index in [1.165, 1.54) is 7.11 Å². The van der Waals surface area contributed by atoms with Gasteiger partial charge in [0, 0.05) is 5.75 Å². The van der Waals surface area contributed by atoms with Crippen molar-refractivity contribution in [3.05, 3.63) is 29.3 Å². The largest absolute Gasteiger partial charge is 0.504 e. The van der Waals surface area contributed by atoms with Crippen molar-refractivity contribution >= 4 is 25.0 Å². The maximum absolute atomic E-state index is 10.7. The molecule has 0 aliphatic rings. The molecule has 0 aromatic heterocycles. The topological polar surface area (TPSA) is 46.5 Å². The maximum atomic E-state index is 10.7. The molecule has 0 amide bonds. The van der Waals surface area contributed by atoms with Crippen molar-refractivity contribution in [2.24, 2.45) is 0 Å². The number of aromatic hydroxyl groups is 1. The Labute approximate surface area is 93.8 Å². The number of phenols is 1. The summed E-state index contributed by atoms with van der Waals surface area (Å²) in [6.45, 7) is 0. The first-order valence-electron chi connectivity index (χ1n) is 4.36. The molecule has 0 heterocycles. The van der Waals surface area contributed by atoms with E-state index in [0.29, 0.717) is 17.8 Å². The zero-order chi connectivity index (χ0) is 11.3.